The Morgan fingerprint density at radius 1 is 1.03 bits per heavy atom. The van der Waals surface area contributed by atoms with Crippen LogP contribution in [0.4, 0.5) is 0 Å². The van der Waals surface area contributed by atoms with Crippen LogP contribution in [0, 0.1) is 0 Å². The van der Waals surface area contributed by atoms with Gasteiger partial charge in [-0.1, -0.05) is 26.2 Å². The minimum Gasteiger partial charge on any atom is -0.493 e. The number of carbonyl (C=O) groups excluding carboxylic acids is 1. The standard InChI is InChI=1S/C24H40N4O3.HI/c1-5-7-8-9-13-26-24(25-6-2)27-14-10-11-23(29)28-15-12-19-16-21(30-3)22(31-4)17-20(19)18-28;/h16-17H,5-15,18H2,1-4H3,(H2,25,26,27);1H. The van der Waals surface area contributed by atoms with Gasteiger partial charge < -0.3 is 25.0 Å². The van der Waals surface area contributed by atoms with Gasteiger partial charge in [-0.25, -0.2) is 0 Å². The lowest BCUT2D eigenvalue weighted by Crippen LogP contribution is -2.38. The number of hydrogen-bond donors (Lipinski definition) is 2. The molecule has 1 aromatic rings. The molecule has 0 radical (unpaired) electrons. The molecule has 0 fully saturated rings. The number of methoxy groups -OCH3 is 2. The first-order valence-corrected chi connectivity index (χ1v) is 11.7. The van der Waals surface area contributed by atoms with Crippen molar-refractivity contribution >= 4 is 35.8 Å². The van der Waals surface area contributed by atoms with E-state index in [9.17, 15) is 4.79 Å². The Labute approximate surface area is 210 Å². The number of ether oxygens (including phenoxy) is 2. The molecule has 0 saturated heterocycles. The molecule has 2 rings (SSSR count). The van der Waals surface area contributed by atoms with E-state index < -0.39 is 0 Å². The normalized spacial score (nSPS) is 13.1. The van der Waals surface area contributed by atoms with Gasteiger partial charge in [0.15, 0.2) is 17.5 Å². The number of guanidine groups is 1. The maximum atomic E-state index is 12.7. The van der Waals surface area contributed by atoms with Crippen LogP contribution in [0.25, 0.3) is 0 Å². The topological polar surface area (TPSA) is 75.2 Å². The smallest absolute Gasteiger partial charge is 0.222 e. The Morgan fingerprint density at radius 3 is 2.41 bits per heavy atom. The van der Waals surface area contributed by atoms with Crippen LogP contribution in [0.3, 0.4) is 0 Å². The van der Waals surface area contributed by atoms with E-state index in [1.807, 2.05) is 17.0 Å². The SMILES string of the molecule is CCCCCCNC(=NCCCC(=O)N1CCc2cc(OC)c(OC)cc2C1)NCC.I. The van der Waals surface area contributed by atoms with Crippen LogP contribution in [-0.2, 0) is 17.8 Å². The predicted molar refractivity (Wildman–Crippen MR) is 141 cm³/mol. The summed E-state index contributed by atoms with van der Waals surface area (Å²) in [6.07, 6.45) is 7.03. The lowest BCUT2D eigenvalue weighted by Gasteiger charge is -2.29. The molecule has 0 spiro atoms. The van der Waals surface area contributed by atoms with Crippen molar-refractivity contribution in [3.8, 4) is 11.5 Å². The Balaban J connectivity index is 0.00000512. The van der Waals surface area contributed by atoms with Gasteiger partial charge in [0.05, 0.1) is 14.2 Å². The number of aliphatic imine (C=N–C) groups is 1. The van der Waals surface area contributed by atoms with E-state index in [0.29, 0.717) is 25.3 Å². The number of amides is 1. The van der Waals surface area contributed by atoms with Crippen molar-refractivity contribution in [3.05, 3.63) is 23.3 Å². The van der Waals surface area contributed by atoms with Crippen molar-refractivity contribution in [2.75, 3.05) is 40.4 Å². The highest BCUT2D eigenvalue weighted by Crippen LogP contribution is 2.33. The molecule has 1 heterocycles. The van der Waals surface area contributed by atoms with E-state index in [-0.39, 0.29) is 29.9 Å². The molecule has 0 atom stereocenters. The van der Waals surface area contributed by atoms with Crippen LogP contribution in [0.15, 0.2) is 17.1 Å². The molecule has 0 aromatic heterocycles. The lowest BCUT2D eigenvalue weighted by atomic mass is 9.98. The van der Waals surface area contributed by atoms with Crippen LogP contribution in [0.2, 0.25) is 0 Å². The molecule has 7 nitrogen and oxygen atoms in total. The average molecular weight is 561 g/mol. The van der Waals surface area contributed by atoms with Crippen LogP contribution in [0.5, 0.6) is 11.5 Å². The first-order chi connectivity index (χ1) is 15.1. The Hall–Kier alpha value is -1.71. The molecule has 1 amide bonds. The fourth-order valence-corrected chi connectivity index (χ4v) is 3.78. The zero-order chi connectivity index (χ0) is 22.5. The van der Waals surface area contributed by atoms with Crippen LogP contribution in [-0.4, -0.2) is 57.2 Å². The maximum absolute atomic E-state index is 12.7. The van der Waals surface area contributed by atoms with E-state index in [1.54, 1.807) is 14.2 Å². The highest BCUT2D eigenvalue weighted by Gasteiger charge is 2.22. The zero-order valence-electron chi connectivity index (χ0n) is 20.2. The Morgan fingerprint density at radius 2 is 1.75 bits per heavy atom. The molecule has 32 heavy (non-hydrogen) atoms. The Bertz CT molecular complexity index is 727. The third-order valence-corrected chi connectivity index (χ3v) is 5.56. The van der Waals surface area contributed by atoms with Crippen LogP contribution >= 0.6 is 24.0 Å². The minimum atomic E-state index is 0. The van der Waals surface area contributed by atoms with E-state index in [2.05, 4.69) is 29.5 Å². The number of halogens is 1. The molecular weight excluding hydrogens is 519 g/mol. The monoisotopic (exact) mass is 560 g/mol. The van der Waals surface area contributed by atoms with Gasteiger partial charge in [-0.05, 0) is 49.4 Å². The number of hydrogen-bond acceptors (Lipinski definition) is 4. The first-order valence-electron chi connectivity index (χ1n) is 11.7. The van der Waals surface area contributed by atoms with Crippen molar-refractivity contribution in [3.63, 3.8) is 0 Å². The van der Waals surface area contributed by atoms with E-state index >= 15 is 0 Å². The van der Waals surface area contributed by atoms with Gasteiger partial charge in [0.1, 0.15) is 0 Å². The number of rotatable bonds is 12. The molecule has 1 aliphatic rings. The largest absolute Gasteiger partial charge is 0.493 e. The molecule has 1 aromatic carbocycles. The summed E-state index contributed by atoms with van der Waals surface area (Å²) < 4.78 is 10.8. The molecular formula is C24H41IN4O3. The minimum absolute atomic E-state index is 0. The molecule has 0 unspecified atom stereocenters. The maximum Gasteiger partial charge on any atom is 0.222 e. The van der Waals surface area contributed by atoms with Gasteiger partial charge in [-0.2, -0.15) is 0 Å². The summed E-state index contributed by atoms with van der Waals surface area (Å²) in [7, 11) is 3.28. The second-order valence-corrected chi connectivity index (χ2v) is 7.89. The lowest BCUT2D eigenvalue weighted by molar-refractivity contribution is -0.132. The summed E-state index contributed by atoms with van der Waals surface area (Å²) in [6.45, 7) is 8.07. The van der Waals surface area contributed by atoms with Gasteiger partial charge in [0.25, 0.3) is 0 Å². The van der Waals surface area contributed by atoms with Crippen molar-refractivity contribution in [2.45, 2.75) is 65.3 Å². The molecule has 1 aliphatic heterocycles. The van der Waals surface area contributed by atoms with Gasteiger partial charge in [0.2, 0.25) is 5.91 Å². The van der Waals surface area contributed by atoms with Crippen LogP contribution < -0.4 is 20.1 Å². The number of fused-ring (bicyclic) bond motifs is 1. The highest BCUT2D eigenvalue weighted by molar-refractivity contribution is 14.0. The van der Waals surface area contributed by atoms with Crippen molar-refractivity contribution in [1.29, 1.82) is 0 Å². The number of nitrogens with one attached hydrogen (secondary N) is 2. The average Bonchev–Trinajstić information content (AvgIpc) is 2.79. The molecule has 0 aliphatic carbocycles. The first kappa shape index (κ1) is 28.3. The highest BCUT2D eigenvalue weighted by atomic mass is 127. The number of benzene rings is 1. The van der Waals surface area contributed by atoms with E-state index in [1.165, 1.54) is 24.8 Å². The van der Waals surface area contributed by atoms with Crippen LogP contribution in [0.1, 0.15) is 63.5 Å². The van der Waals surface area contributed by atoms with Gasteiger partial charge in [-0.15, -0.1) is 24.0 Å². The van der Waals surface area contributed by atoms with Gasteiger partial charge in [-0.3, -0.25) is 9.79 Å². The third-order valence-electron chi connectivity index (χ3n) is 5.56. The second-order valence-electron chi connectivity index (χ2n) is 7.89. The zero-order valence-corrected chi connectivity index (χ0v) is 22.5. The summed E-state index contributed by atoms with van der Waals surface area (Å²) in [5.74, 6) is 2.49. The fourth-order valence-electron chi connectivity index (χ4n) is 3.78. The fraction of sp³-hybridized carbons (Fsp3) is 0.667. The number of unbranched alkanes of at least 4 members (excludes halogenated alkanes) is 3. The molecule has 0 saturated carbocycles. The quantitative estimate of drug-likeness (QED) is 0.174. The Kier molecular flexibility index (Phi) is 14.2. The summed E-state index contributed by atoms with van der Waals surface area (Å²) in [5.41, 5.74) is 2.36. The number of nitrogens with zero attached hydrogens (tertiary/aromatic N) is 2. The summed E-state index contributed by atoms with van der Waals surface area (Å²) in [5, 5.41) is 6.66. The predicted octanol–water partition coefficient (Wildman–Crippen LogP) is 4.12. The van der Waals surface area contributed by atoms with E-state index in [4.69, 9.17) is 9.47 Å². The number of carbonyl (C=O) groups is 1. The second kappa shape index (κ2) is 16.0. The summed E-state index contributed by atoms with van der Waals surface area (Å²) in [4.78, 5) is 19.3. The molecule has 2 N–H and O–H groups in total. The molecule has 182 valence electrons. The molecule has 8 heteroatoms. The van der Waals surface area contributed by atoms with Gasteiger partial charge >= 0.3 is 0 Å². The van der Waals surface area contributed by atoms with Crippen molar-refractivity contribution < 1.29 is 14.3 Å². The third kappa shape index (κ3) is 9.03. The van der Waals surface area contributed by atoms with E-state index in [0.717, 1.165) is 56.2 Å². The summed E-state index contributed by atoms with van der Waals surface area (Å²) >= 11 is 0. The van der Waals surface area contributed by atoms with Crippen molar-refractivity contribution in [1.82, 2.24) is 15.5 Å². The molecule has 0 bridgehead atoms. The van der Waals surface area contributed by atoms with Crippen molar-refractivity contribution in [2.24, 2.45) is 4.99 Å². The summed E-state index contributed by atoms with van der Waals surface area (Å²) in [6, 6.07) is 4.02. The van der Waals surface area contributed by atoms with Gasteiger partial charge in [0, 0.05) is 39.1 Å².